The van der Waals surface area contributed by atoms with Crippen molar-refractivity contribution in [1.29, 1.82) is 0 Å². The third-order valence-corrected chi connectivity index (χ3v) is 2.01. The molecule has 13 heavy (non-hydrogen) atoms. The summed E-state index contributed by atoms with van der Waals surface area (Å²) in [6, 6.07) is 0. The minimum absolute atomic E-state index is 0.969. The lowest BCUT2D eigenvalue weighted by Crippen LogP contribution is -2.20. The molecular weight excluding hydrogens is 158 g/mol. The first-order chi connectivity index (χ1) is 6.20. The van der Waals surface area contributed by atoms with Crippen molar-refractivity contribution in [2.24, 2.45) is 0 Å². The van der Waals surface area contributed by atoms with E-state index in [4.69, 9.17) is 0 Å². The summed E-state index contributed by atoms with van der Waals surface area (Å²) in [6.07, 6.45) is 5.27. The molecule has 0 radical (unpaired) electrons. The largest absolute Gasteiger partial charge is 0.313 e. The third kappa shape index (κ3) is 3.45. The van der Waals surface area contributed by atoms with Gasteiger partial charge in [-0.3, -0.25) is 0 Å². The summed E-state index contributed by atoms with van der Waals surface area (Å²) >= 11 is 0. The van der Waals surface area contributed by atoms with E-state index >= 15 is 0 Å². The molecule has 1 rings (SSSR count). The molecule has 1 N–H and O–H groups in total. The molecule has 0 atom stereocenters. The predicted molar refractivity (Wildman–Crippen MR) is 57.7 cm³/mol. The van der Waals surface area contributed by atoms with E-state index in [1.54, 1.807) is 0 Å². The van der Waals surface area contributed by atoms with Crippen molar-refractivity contribution in [2.75, 3.05) is 13.1 Å². The number of allylic oxidation sites excluding steroid dienone is 2. The Hall–Kier alpha value is -1.04. The van der Waals surface area contributed by atoms with E-state index in [-0.39, 0.29) is 0 Å². The second kappa shape index (κ2) is 4.86. The fourth-order valence-corrected chi connectivity index (χ4v) is 1.24. The van der Waals surface area contributed by atoms with E-state index in [9.17, 15) is 0 Å². The third-order valence-electron chi connectivity index (χ3n) is 2.01. The molecule has 0 spiro atoms. The maximum Gasteiger partial charge on any atom is 0.0140 e. The summed E-state index contributed by atoms with van der Waals surface area (Å²) in [5.74, 6) is 0. The van der Waals surface area contributed by atoms with Crippen LogP contribution in [0.1, 0.15) is 20.3 Å². The van der Waals surface area contributed by atoms with Gasteiger partial charge in [0, 0.05) is 6.54 Å². The molecule has 0 fully saturated rings. The second-order valence-electron chi connectivity index (χ2n) is 3.50. The number of nitrogens with one attached hydrogen (secondary N) is 1. The van der Waals surface area contributed by atoms with Crippen LogP contribution in [0.4, 0.5) is 0 Å². The highest BCUT2D eigenvalue weighted by molar-refractivity contribution is 5.38. The molecule has 1 nitrogen and oxygen atoms in total. The first-order valence-corrected chi connectivity index (χ1v) is 4.69. The summed E-state index contributed by atoms with van der Waals surface area (Å²) in [4.78, 5) is 0. The first kappa shape index (κ1) is 10.0. The Balaban J connectivity index is 2.68. The molecule has 0 bridgehead atoms. The molecule has 1 heterocycles. The summed E-state index contributed by atoms with van der Waals surface area (Å²) in [5.41, 5.74) is 6.82. The number of hydrogen-bond acceptors (Lipinski definition) is 1. The number of rotatable bonds is 2. The van der Waals surface area contributed by atoms with E-state index in [1.165, 1.54) is 11.1 Å². The zero-order valence-electron chi connectivity index (χ0n) is 8.48. The summed E-state index contributed by atoms with van der Waals surface area (Å²) < 4.78 is 0. The van der Waals surface area contributed by atoms with Crippen molar-refractivity contribution in [3.8, 4) is 0 Å². The van der Waals surface area contributed by atoms with E-state index in [0.29, 0.717) is 0 Å². The quantitative estimate of drug-likeness (QED) is 0.502. The SMILES string of the molecule is C=C(C=C=C(C)C)C1=CCNCC1. The van der Waals surface area contributed by atoms with Gasteiger partial charge in [-0.15, -0.1) is 5.73 Å². The van der Waals surface area contributed by atoms with Crippen LogP contribution in [0.3, 0.4) is 0 Å². The molecule has 1 aliphatic heterocycles. The molecule has 0 saturated heterocycles. The van der Waals surface area contributed by atoms with Gasteiger partial charge in [0.1, 0.15) is 0 Å². The van der Waals surface area contributed by atoms with E-state index in [1.807, 2.05) is 19.9 Å². The first-order valence-electron chi connectivity index (χ1n) is 4.69. The van der Waals surface area contributed by atoms with Gasteiger partial charge in [0.05, 0.1) is 0 Å². The monoisotopic (exact) mass is 175 g/mol. The highest BCUT2D eigenvalue weighted by Crippen LogP contribution is 2.14. The van der Waals surface area contributed by atoms with E-state index in [0.717, 1.165) is 25.1 Å². The molecule has 0 saturated carbocycles. The van der Waals surface area contributed by atoms with Crippen molar-refractivity contribution in [1.82, 2.24) is 5.32 Å². The highest BCUT2D eigenvalue weighted by Gasteiger charge is 2.03. The van der Waals surface area contributed by atoms with Gasteiger partial charge >= 0.3 is 0 Å². The number of hydrogen-bond donors (Lipinski definition) is 1. The van der Waals surface area contributed by atoms with Gasteiger partial charge in [0.2, 0.25) is 0 Å². The molecular formula is C12H17N. The molecule has 0 unspecified atom stereocenters. The Bertz CT molecular complexity index is 284. The molecule has 0 aromatic heterocycles. The predicted octanol–water partition coefficient (Wildman–Crippen LogP) is 2.58. The van der Waals surface area contributed by atoms with Gasteiger partial charge < -0.3 is 5.32 Å². The topological polar surface area (TPSA) is 12.0 Å². The van der Waals surface area contributed by atoms with Crippen LogP contribution in [0.25, 0.3) is 0 Å². The van der Waals surface area contributed by atoms with Gasteiger partial charge in [-0.05, 0) is 49.6 Å². The molecule has 0 amide bonds. The van der Waals surface area contributed by atoms with Crippen LogP contribution in [0.5, 0.6) is 0 Å². The van der Waals surface area contributed by atoms with Crippen molar-refractivity contribution in [2.45, 2.75) is 20.3 Å². The maximum absolute atomic E-state index is 4.02. The minimum Gasteiger partial charge on any atom is -0.313 e. The smallest absolute Gasteiger partial charge is 0.0140 e. The Labute approximate surface area is 80.5 Å². The summed E-state index contributed by atoms with van der Waals surface area (Å²) in [7, 11) is 0. The standard InChI is InChI=1S/C12H17N/c1-10(2)4-5-11(3)12-6-8-13-9-7-12/h5-6,13H,3,7-9H2,1-2H3. The van der Waals surface area contributed by atoms with Gasteiger partial charge in [-0.2, -0.15) is 0 Å². The average Bonchev–Trinajstić information content (AvgIpc) is 2.15. The van der Waals surface area contributed by atoms with Crippen LogP contribution in [-0.2, 0) is 0 Å². The van der Waals surface area contributed by atoms with Crippen LogP contribution in [-0.4, -0.2) is 13.1 Å². The lowest BCUT2D eigenvalue weighted by atomic mass is 10.0. The minimum atomic E-state index is 0.969. The van der Waals surface area contributed by atoms with Crippen molar-refractivity contribution in [3.05, 3.63) is 41.2 Å². The lowest BCUT2D eigenvalue weighted by molar-refractivity contribution is 0.709. The lowest BCUT2D eigenvalue weighted by Gasteiger charge is -2.13. The highest BCUT2D eigenvalue weighted by atomic mass is 14.8. The van der Waals surface area contributed by atoms with E-state index < -0.39 is 0 Å². The Morgan fingerprint density at radius 2 is 2.38 bits per heavy atom. The average molecular weight is 175 g/mol. The molecule has 1 aliphatic rings. The molecule has 0 aromatic carbocycles. The maximum atomic E-state index is 4.02. The van der Waals surface area contributed by atoms with Crippen LogP contribution in [0.15, 0.2) is 41.2 Å². The van der Waals surface area contributed by atoms with Crippen LogP contribution in [0, 0.1) is 0 Å². The Kier molecular flexibility index (Phi) is 3.75. The second-order valence-corrected chi connectivity index (χ2v) is 3.50. The van der Waals surface area contributed by atoms with Crippen molar-refractivity contribution in [3.63, 3.8) is 0 Å². The Morgan fingerprint density at radius 3 is 2.92 bits per heavy atom. The zero-order valence-corrected chi connectivity index (χ0v) is 8.48. The normalized spacial score (nSPS) is 15.7. The van der Waals surface area contributed by atoms with Crippen LogP contribution < -0.4 is 5.32 Å². The molecule has 70 valence electrons. The van der Waals surface area contributed by atoms with E-state index in [2.05, 4.69) is 23.7 Å². The van der Waals surface area contributed by atoms with Crippen molar-refractivity contribution >= 4 is 0 Å². The molecule has 1 heteroatoms. The fraction of sp³-hybridized carbons (Fsp3) is 0.417. The van der Waals surface area contributed by atoms with Gasteiger partial charge in [-0.1, -0.05) is 12.7 Å². The summed E-state index contributed by atoms with van der Waals surface area (Å²) in [5, 5.41) is 3.28. The van der Waals surface area contributed by atoms with Gasteiger partial charge in [-0.25, -0.2) is 0 Å². The molecule has 0 aromatic rings. The van der Waals surface area contributed by atoms with Gasteiger partial charge in [0.15, 0.2) is 0 Å². The van der Waals surface area contributed by atoms with Gasteiger partial charge in [0.25, 0.3) is 0 Å². The molecule has 0 aliphatic carbocycles. The van der Waals surface area contributed by atoms with Crippen LogP contribution in [0.2, 0.25) is 0 Å². The van der Waals surface area contributed by atoms with Crippen LogP contribution >= 0.6 is 0 Å². The fourth-order valence-electron chi connectivity index (χ4n) is 1.24. The Morgan fingerprint density at radius 1 is 1.62 bits per heavy atom. The van der Waals surface area contributed by atoms with Crippen molar-refractivity contribution < 1.29 is 0 Å². The zero-order chi connectivity index (χ0) is 9.68. The summed E-state index contributed by atoms with van der Waals surface area (Å²) in [6.45, 7) is 10.1.